The number of carbonyl (C=O) groups excluding carboxylic acids is 4. The lowest BCUT2D eigenvalue weighted by Crippen LogP contribution is -2.41. The molecule has 0 amide bonds. The highest BCUT2D eigenvalue weighted by Gasteiger charge is 2.54. The van der Waals surface area contributed by atoms with Gasteiger partial charge in [-0.1, -0.05) is 24.3 Å². The smallest absolute Gasteiger partial charge is 0.321 e. The van der Waals surface area contributed by atoms with Crippen LogP contribution in [0.3, 0.4) is 0 Å². The number of allylic oxidation sites excluding steroid dienone is 8. The Morgan fingerprint density at radius 3 is 1.94 bits per heavy atom. The maximum atomic E-state index is 13.6. The number of carboxylic acid groups (broad SMARTS) is 1. The largest absolute Gasteiger partial charge is 0.480 e. The van der Waals surface area contributed by atoms with Crippen LogP contribution in [0.4, 0.5) is 0 Å². The molecule has 6 rings (SSSR count). The van der Waals surface area contributed by atoms with Crippen molar-refractivity contribution in [3.63, 3.8) is 0 Å². The maximum absolute atomic E-state index is 13.6. The van der Waals surface area contributed by atoms with E-state index in [1.54, 1.807) is 18.2 Å². The van der Waals surface area contributed by atoms with Crippen LogP contribution >= 0.6 is 27.7 Å². The van der Waals surface area contributed by atoms with Crippen LogP contribution in [-0.4, -0.2) is 46.0 Å². The molecule has 3 N–H and O–H groups in total. The van der Waals surface area contributed by atoms with E-state index in [2.05, 4.69) is 15.9 Å². The number of carboxylic acids is 1. The Labute approximate surface area is 194 Å². The molecule has 0 saturated carbocycles. The normalized spacial score (nSPS) is 24.7. The van der Waals surface area contributed by atoms with Gasteiger partial charge in [-0.2, -0.15) is 0 Å². The van der Waals surface area contributed by atoms with Gasteiger partial charge in [0.15, 0.2) is 23.1 Å². The number of hydrogen-bond acceptors (Lipinski definition) is 7. The summed E-state index contributed by atoms with van der Waals surface area (Å²) in [6.07, 6.45) is 2.41. The molecule has 160 valence electrons. The lowest BCUT2D eigenvalue weighted by molar-refractivity contribution is -0.138. The fourth-order valence-corrected chi connectivity index (χ4v) is 6.46. The number of rotatable bonds is 4. The average Bonchev–Trinajstić information content (AvgIpc) is 2.78. The van der Waals surface area contributed by atoms with E-state index >= 15 is 0 Å². The fraction of sp³-hybridized carbons (Fsp3) is 0.174. The van der Waals surface area contributed by atoms with E-state index in [-0.39, 0.29) is 49.0 Å². The molecule has 0 radical (unpaired) electrons. The minimum Gasteiger partial charge on any atom is -0.480 e. The predicted octanol–water partition coefficient (Wildman–Crippen LogP) is 2.09. The Morgan fingerprint density at radius 1 is 0.938 bits per heavy atom. The first-order valence-corrected chi connectivity index (χ1v) is 11.5. The molecule has 7 nitrogen and oxygen atoms in total. The number of benzene rings is 1. The second kappa shape index (κ2) is 7.33. The van der Waals surface area contributed by atoms with E-state index in [4.69, 9.17) is 10.8 Å². The molecule has 3 atom stereocenters. The molecule has 1 aromatic rings. The molecule has 1 aromatic carbocycles. The average molecular weight is 512 g/mol. The van der Waals surface area contributed by atoms with Crippen LogP contribution in [0.15, 0.2) is 68.1 Å². The SMILES string of the molecule is NC(CSC1=C(Br)C(=O)C2=C(C1=O)C1C3=C(C(=O)C=CC3=O)C2c2ccccc21)C(=O)O. The zero-order valence-corrected chi connectivity index (χ0v) is 18.7. The van der Waals surface area contributed by atoms with Crippen molar-refractivity contribution in [1.82, 2.24) is 0 Å². The number of Topliss-reactive ketones (excluding diaryl/α,β-unsaturated/α-hetero) is 2. The predicted molar refractivity (Wildman–Crippen MR) is 119 cm³/mol. The van der Waals surface area contributed by atoms with Crippen LogP contribution in [-0.2, 0) is 24.0 Å². The molecule has 2 bridgehead atoms. The molecule has 0 fully saturated rings. The van der Waals surface area contributed by atoms with Crippen LogP contribution in [0.25, 0.3) is 0 Å². The summed E-state index contributed by atoms with van der Waals surface area (Å²) in [6, 6.07) is 5.97. The van der Waals surface area contributed by atoms with Crippen LogP contribution < -0.4 is 5.73 Å². The van der Waals surface area contributed by atoms with Crippen LogP contribution in [0.2, 0.25) is 0 Å². The van der Waals surface area contributed by atoms with Crippen LogP contribution in [0, 0.1) is 0 Å². The molecule has 9 heteroatoms. The number of carbonyl (C=O) groups is 5. The number of aliphatic carboxylic acids is 1. The minimum absolute atomic E-state index is 0.0150. The monoisotopic (exact) mass is 511 g/mol. The van der Waals surface area contributed by atoms with Crippen molar-refractivity contribution in [2.45, 2.75) is 17.9 Å². The first-order valence-electron chi connectivity index (χ1n) is 9.68. The highest BCUT2D eigenvalue weighted by atomic mass is 79.9. The molecule has 0 aliphatic heterocycles. The second-order valence-corrected chi connectivity index (χ2v) is 9.59. The summed E-state index contributed by atoms with van der Waals surface area (Å²) >= 11 is 4.11. The Hall–Kier alpha value is -2.88. The summed E-state index contributed by atoms with van der Waals surface area (Å²) in [7, 11) is 0. The van der Waals surface area contributed by atoms with Crippen molar-refractivity contribution in [3.8, 4) is 0 Å². The summed E-state index contributed by atoms with van der Waals surface area (Å²) < 4.78 is 0.0150. The molecule has 0 spiro atoms. The Morgan fingerprint density at radius 2 is 1.44 bits per heavy atom. The van der Waals surface area contributed by atoms with E-state index in [1.807, 2.05) is 6.07 Å². The van der Waals surface area contributed by atoms with Gasteiger partial charge in [-0.15, -0.1) is 11.8 Å². The van der Waals surface area contributed by atoms with Crippen molar-refractivity contribution in [2.75, 3.05) is 5.75 Å². The van der Waals surface area contributed by atoms with Crippen molar-refractivity contribution < 1.29 is 29.1 Å². The molecule has 5 aliphatic carbocycles. The molecule has 3 unspecified atom stereocenters. The number of hydrogen-bond donors (Lipinski definition) is 2. The van der Waals surface area contributed by atoms with E-state index in [0.717, 1.165) is 22.9 Å². The lowest BCUT2D eigenvalue weighted by Gasteiger charge is -2.44. The van der Waals surface area contributed by atoms with Gasteiger partial charge in [-0.3, -0.25) is 24.0 Å². The van der Waals surface area contributed by atoms with Crippen LogP contribution in [0.5, 0.6) is 0 Å². The van der Waals surface area contributed by atoms with E-state index < -0.39 is 35.4 Å². The summed E-state index contributed by atoms with van der Waals surface area (Å²) in [6.45, 7) is 0. The Kier molecular flexibility index (Phi) is 4.81. The zero-order valence-electron chi connectivity index (χ0n) is 16.3. The second-order valence-electron chi connectivity index (χ2n) is 7.77. The molecular weight excluding hydrogens is 498 g/mol. The summed E-state index contributed by atoms with van der Waals surface area (Å²) in [5.74, 6) is -4.57. The zero-order chi connectivity index (χ0) is 22.9. The standard InChI is InChI=1S/C23H14BrNO6S/c24-19-20(28)17-13-8-3-1-2-4-9(8)14(16-12(27)6-5-11(26)15(13)16)18(17)21(29)22(19)32-7-10(25)23(30)31/h1-6,10,13-14H,7,25H2,(H,30,31). The Bertz CT molecular complexity index is 1320. The number of halogens is 1. The molecule has 0 saturated heterocycles. The number of ketones is 4. The van der Waals surface area contributed by atoms with E-state index in [0.29, 0.717) is 0 Å². The summed E-state index contributed by atoms with van der Waals surface area (Å²) in [5, 5.41) is 9.05. The van der Waals surface area contributed by atoms with Gasteiger partial charge in [0.05, 0.1) is 9.39 Å². The molecule has 32 heavy (non-hydrogen) atoms. The van der Waals surface area contributed by atoms with Gasteiger partial charge >= 0.3 is 5.97 Å². The molecule has 0 heterocycles. The quantitative estimate of drug-likeness (QED) is 0.587. The third-order valence-corrected chi connectivity index (χ3v) is 8.31. The van der Waals surface area contributed by atoms with Gasteiger partial charge < -0.3 is 10.8 Å². The van der Waals surface area contributed by atoms with Gasteiger partial charge in [0.2, 0.25) is 0 Å². The summed E-state index contributed by atoms with van der Waals surface area (Å²) in [5.41, 5.74) is 7.91. The first kappa shape index (κ1) is 21.0. The Balaban J connectivity index is 1.67. The van der Waals surface area contributed by atoms with Crippen molar-refractivity contribution >= 4 is 56.8 Å². The van der Waals surface area contributed by atoms with Crippen LogP contribution in [0.1, 0.15) is 23.0 Å². The van der Waals surface area contributed by atoms with Gasteiger partial charge in [-0.25, -0.2) is 0 Å². The van der Waals surface area contributed by atoms with Gasteiger partial charge in [0.25, 0.3) is 0 Å². The molecular formula is C23H14BrNO6S. The van der Waals surface area contributed by atoms with Gasteiger partial charge in [-0.05, 0) is 39.2 Å². The number of thioether (sulfide) groups is 1. The first-order chi connectivity index (χ1) is 15.2. The fourth-order valence-electron chi connectivity index (χ4n) is 4.77. The molecule has 5 aliphatic rings. The third kappa shape index (κ3) is 2.74. The van der Waals surface area contributed by atoms with E-state index in [1.165, 1.54) is 12.2 Å². The highest BCUT2D eigenvalue weighted by molar-refractivity contribution is 9.12. The van der Waals surface area contributed by atoms with Gasteiger partial charge in [0.1, 0.15) is 6.04 Å². The minimum atomic E-state index is -1.22. The van der Waals surface area contributed by atoms with Crippen molar-refractivity contribution in [1.29, 1.82) is 0 Å². The topological polar surface area (TPSA) is 132 Å². The summed E-state index contributed by atoms with van der Waals surface area (Å²) in [4.78, 5) is 63.9. The van der Waals surface area contributed by atoms with Gasteiger partial charge in [0, 0.05) is 39.9 Å². The third-order valence-electron chi connectivity index (χ3n) is 6.09. The maximum Gasteiger partial charge on any atom is 0.321 e. The lowest BCUT2D eigenvalue weighted by atomic mass is 9.56. The van der Waals surface area contributed by atoms with E-state index in [9.17, 15) is 24.0 Å². The molecule has 0 aromatic heterocycles. The van der Waals surface area contributed by atoms with Crippen molar-refractivity contribution in [2.24, 2.45) is 5.73 Å². The van der Waals surface area contributed by atoms with Crippen molar-refractivity contribution in [3.05, 3.63) is 79.2 Å². The highest BCUT2D eigenvalue weighted by Crippen LogP contribution is 2.59. The number of nitrogens with two attached hydrogens (primary N) is 1.